The molecule has 0 aliphatic carbocycles. The molecule has 2 aromatic carbocycles. The third-order valence-electron chi connectivity index (χ3n) is 5.08. The molecule has 2 aliphatic heterocycles. The molecule has 0 radical (unpaired) electrons. The van der Waals surface area contributed by atoms with E-state index in [9.17, 15) is 0 Å². The maximum atomic E-state index is 5.06. The number of fused-ring (bicyclic) bond motifs is 1. The maximum absolute atomic E-state index is 5.06. The van der Waals surface area contributed by atoms with Gasteiger partial charge in [-0.2, -0.15) is 0 Å². The van der Waals surface area contributed by atoms with Crippen molar-refractivity contribution < 1.29 is 0 Å². The number of aromatic nitrogens is 1. The highest BCUT2D eigenvalue weighted by atomic mass is 32.2. The van der Waals surface area contributed by atoms with E-state index >= 15 is 0 Å². The van der Waals surface area contributed by atoms with Crippen LogP contribution in [0.25, 0.3) is 0 Å². The van der Waals surface area contributed by atoms with Crippen molar-refractivity contribution in [1.29, 1.82) is 0 Å². The second-order valence-corrected chi connectivity index (χ2v) is 9.67. The molecular formula is C23H21N3S2. The van der Waals surface area contributed by atoms with Gasteiger partial charge in [-0.05, 0) is 42.0 Å². The van der Waals surface area contributed by atoms with E-state index in [1.54, 1.807) is 11.8 Å². The molecule has 1 aromatic heterocycles. The monoisotopic (exact) mass is 403 g/mol. The Morgan fingerprint density at radius 1 is 0.929 bits per heavy atom. The van der Waals surface area contributed by atoms with Crippen molar-refractivity contribution >= 4 is 28.7 Å². The van der Waals surface area contributed by atoms with Crippen molar-refractivity contribution in [3.8, 4) is 0 Å². The number of benzene rings is 2. The van der Waals surface area contributed by atoms with Gasteiger partial charge < -0.3 is 4.90 Å². The normalized spacial score (nSPS) is 23.5. The summed E-state index contributed by atoms with van der Waals surface area (Å²) in [6, 6.07) is 25.9. The number of hydrogen-bond acceptors (Lipinski definition) is 5. The predicted molar refractivity (Wildman–Crippen MR) is 118 cm³/mol. The van der Waals surface area contributed by atoms with Crippen LogP contribution < -0.4 is 0 Å². The molecule has 1 saturated heterocycles. The summed E-state index contributed by atoms with van der Waals surface area (Å²) < 4.78 is 0. The molecule has 5 rings (SSSR count). The predicted octanol–water partition coefficient (Wildman–Crippen LogP) is 5.82. The van der Waals surface area contributed by atoms with Crippen LogP contribution in [0.1, 0.15) is 30.3 Å². The first kappa shape index (κ1) is 17.8. The Bertz CT molecular complexity index is 974. The second-order valence-electron chi connectivity index (χ2n) is 7.12. The largest absolute Gasteiger partial charge is 0.341 e. The summed E-state index contributed by atoms with van der Waals surface area (Å²) in [5.41, 5.74) is 2.35. The van der Waals surface area contributed by atoms with E-state index in [2.05, 4.69) is 83.5 Å². The SMILES string of the molecule is CC1CN2C(=NC(c3ccccn3)C2c2ccc(Sc3ccccc3)cc2)S1. The minimum atomic E-state index is 0.0591. The molecule has 0 saturated carbocycles. The van der Waals surface area contributed by atoms with Gasteiger partial charge in [0.15, 0.2) is 5.17 Å². The van der Waals surface area contributed by atoms with Crippen molar-refractivity contribution in [2.75, 3.05) is 6.54 Å². The molecule has 28 heavy (non-hydrogen) atoms. The van der Waals surface area contributed by atoms with Crippen molar-refractivity contribution in [3.63, 3.8) is 0 Å². The number of nitrogens with zero attached hydrogens (tertiary/aromatic N) is 3. The topological polar surface area (TPSA) is 28.5 Å². The highest BCUT2D eigenvalue weighted by molar-refractivity contribution is 8.14. The summed E-state index contributed by atoms with van der Waals surface area (Å²) in [7, 11) is 0. The van der Waals surface area contributed by atoms with Crippen LogP contribution in [0.2, 0.25) is 0 Å². The van der Waals surface area contributed by atoms with Gasteiger partial charge in [0.1, 0.15) is 6.04 Å². The van der Waals surface area contributed by atoms with Crippen molar-refractivity contribution in [2.45, 2.75) is 34.0 Å². The molecule has 3 heterocycles. The van der Waals surface area contributed by atoms with E-state index in [4.69, 9.17) is 4.99 Å². The molecule has 3 atom stereocenters. The summed E-state index contributed by atoms with van der Waals surface area (Å²) in [5.74, 6) is 0. The number of thioether (sulfide) groups is 1. The Labute approximate surface area is 174 Å². The molecular weight excluding hydrogens is 382 g/mol. The van der Waals surface area contributed by atoms with Crippen LogP contribution in [-0.2, 0) is 0 Å². The fourth-order valence-electron chi connectivity index (χ4n) is 3.84. The fourth-order valence-corrected chi connectivity index (χ4v) is 5.77. The van der Waals surface area contributed by atoms with Crippen LogP contribution in [0.3, 0.4) is 0 Å². The first-order chi connectivity index (χ1) is 13.8. The van der Waals surface area contributed by atoms with Gasteiger partial charge in [-0.3, -0.25) is 9.98 Å². The quantitative estimate of drug-likeness (QED) is 0.549. The van der Waals surface area contributed by atoms with Gasteiger partial charge in [0.2, 0.25) is 0 Å². The minimum absolute atomic E-state index is 0.0591. The summed E-state index contributed by atoms with van der Waals surface area (Å²) in [6.07, 6.45) is 1.87. The lowest BCUT2D eigenvalue weighted by Crippen LogP contribution is -2.28. The lowest BCUT2D eigenvalue weighted by atomic mass is 9.96. The summed E-state index contributed by atoms with van der Waals surface area (Å²) >= 11 is 3.68. The Kier molecular flexibility index (Phi) is 4.87. The second kappa shape index (κ2) is 7.64. The lowest BCUT2D eigenvalue weighted by molar-refractivity contribution is 0.321. The van der Waals surface area contributed by atoms with E-state index in [-0.39, 0.29) is 12.1 Å². The highest BCUT2D eigenvalue weighted by Crippen LogP contribution is 2.47. The molecule has 2 aliphatic rings. The summed E-state index contributed by atoms with van der Waals surface area (Å²) in [4.78, 5) is 14.7. The van der Waals surface area contributed by atoms with Crippen molar-refractivity contribution in [1.82, 2.24) is 9.88 Å². The Balaban J connectivity index is 1.44. The highest BCUT2D eigenvalue weighted by Gasteiger charge is 2.43. The lowest BCUT2D eigenvalue weighted by Gasteiger charge is -2.27. The van der Waals surface area contributed by atoms with Crippen molar-refractivity contribution in [2.24, 2.45) is 4.99 Å². The third kappa shape index (κ3) is 3.45. The molecule has 1 fully saturated rings. The molecule has 3 aromatic rings. The van der Waals surface area contributed by atoms with Gasteiger partial charge in [-0.1, -0.05) is 66.8 Å². The molecule has 5 heteroatoms. The van der Waals surface area contributed by atoms with Crippen LogP contribution in [0.4, 0.5) is 0 Å². The molecule has 0 bridgehead atoms. The molecule has 3 unspecified atom stereocenters. The molecule has 0 N–H and O–H groups in total. The Hall–Kier alpha value is -2.24. The molecule has 0 spiro atoms. The third-order valence-corrected chi connectivity index (χ3v) is 7.20. The molecule has 3 nitrogen and oxygen atoms in total. The zero-order valence-electron chi connectivity index (χ0n) is 15.6. The van der Waals surface area contributed by atoms with Crippen LogP contribution in [0, 0.1) is 0 Å². The summed E-state index contributed by atoms with van der Waals surface area (Å²) in [6.45, 7) is 3.32. The van der Waals surface area contributed by atoms with Gasteiger partial charge >= 0.3 is 0 Å². The van der Waals surface area contributed by atoms with Gasteiger partial charge in [0.25, 0.3) is 0 Å². The van der Waals surface area contributed by atoms with E-state index in [0.717, 1.165) is 17.4 Å². The van der Waals surface area contributed by atoms with Crippen molar-refractivity contribution in [3.05, 3.63) is 90.3 Å². The number of aliphatic imine (C=N–C) groups is 1. The van der Waals surface area contributed by atoms with Crippen LogP contribution in [0.15, 0.2) is 93.8 Å². The zero-order chi connectivity index (χ0) is 18.9. The van der Waals surface area contributed by atoms with E-state index in [1.165, 1.54) is 15.4 Å². The number of pyridine rings is 1. The average Bonchev–Trinajstić information content (AvgIpc) is 3.26. The first-order valence-corrected chi connectivity index (χ1v) is 11.2. The van der Waals surface area contributed by atoms with E-state index < -0.39 is 0 Å². The van der Waals surface area contributed by atoms with Crippen LogP contribution >= 0.6 is 23.5 Å². The number of amidine groups is 1. The maximum Gasteiger partial charge on any atom is 0.160 e. The first-order valence-electron chi connectivity index (χ1n) is 9.53. The van der Waals surface area contributed by atoms with Gasteiger partial charge in [0.05, 0.1) is 11.7 Å². The molecule has 0 amide bonds. The smallest absolute Gasteiger partial charge is 0.160 e. The van der Waals surface area contributed by atoms with Gasteiger partial charge in [-0.25, -0.2) is 0 Å². The van der Waals surface area contributed by atoms with Crippen LogP contribution in [0.5, 0.6) is 0 Å². The zero-order valence-corrected chi connectivity index (χ0v) is 17.2. The number of hydrogen-bond donors (Lipinski definition) is 0. The minimum Gasteiger partial charge on any atom is -0.341 e. The fraction of sp³-hybridized carbons (Fsp3) is 0.217. The number of rotatable bonds is 4. The standard InChI is InChI=1S/C23H21N3S2/c1-16-15-26-22(21(25-23(26)27-16)20-9-5-6-14-24-20)17-10-12-19(13-11-17)28-18-7-3-2-4-8-18/h2-14,16,21-22H,15H2,1H3. The Morgan fingerprint density at radius 2 is 1.68 bits per heavy atom. The van der Waals surface area contributed by atoms with E-state index in [1.807, 2.05) is 24.0 Å². The van der Waals surface area contributed by atoms with Gasteiger partial charge in [-0.15, -0.1) is 0 Å². The van der Waals surface area contributed by atoms with Crippen LogP contribution in [-0.4, -0.2) is 26.8 Å². The Morgan fingerprint density at radius 3 is 2.43 bits per heavy atom. The van der Waals surface area contributed by atoms with E-state index in [0.29, 0.717) is 5.25 Å². The summed E-state index contributed by atoms with van der Waals surface area (Å²) in [5, 5.41) is 1.75. The molecule has 140 valence electrons. The van der Waals surface area contributed by atoms with Gasteiger partial charge in [0, 0.05) is 27.8 Å². The average molecular weight is 404 g/mol.